The van der Waals surface area contributed by atoms with E-state index in [1.165, 1.54) is 6.07 Å². The van der Waals surface area contributed by atoms with Gasteiger partial charge < -0.3 is 9.72 Å². The van der Waals surface area contributed by atoms with Crippen molar-refractivity contribution in [2.45, 2.75) is 26.4 Å². The quantitative estimate of drug-likeness (QED) is 0.889. The molecule has 5 nitrogen and oxygen atoms in total. The van der Waals surface area contributed by atoms with Crippen LogP contribution in [-0.4, -0.2) is 16.7 Å². The van der Waals surface area contributed by atoms with E-state index in [2.05, 4.69) is 10.3 Å². The molecule has 0 fully saturated rings. The molecule has 1 aromatic heterocycles. The molecule has 1 heterocycles. The number of aromatic amines is 1. The van der Waals surface area contributed by atoms with Crippen molar-refractivity contribution in [1.82, 2.24) is 4.98 Å². The van der Waals surface area contributed by atoms with Gasteiger partial charge in [0.05, 0.1) is 0 Å². The second-order valence-electron chi connectivity index (χ2n) is 5.65. The molecule has 5 heteroatoms. The molecule has 1 aromatic carbocycles. The first-order chi connectivity index (χ1) is 9.83. The van der Waals surface area contributed by atoms with Crippen LogP contribution in [-0.2, 0) is 4.74 Å². The second kappa shape index (κ2) is 5.83. The van der Waals surface area contributed by atoms with Gasteiger partial charge in [0, 0.05) is 18.0 Å². The first kappa shape index (κ1) is 14.8. The van der Waals surface area contributed by atoms with E-state index in [0.29, 0.717) is 5.69 Å². The molecule has 2 N–H and O–H groups in total. The third-order valence-electron chi connectivity index (χ3n) is 2.64. The zero-order valence-electron chi connectivity index (χ0n) is 12.3. The van der Waals surface area contributed by atoms with Gasteiger partial charge in [-0.1, -0.05) is 12.1 Å². The van der Waals surface area contributed by atoms with Gasteiger partial charge in [-0.15, -0.1) is 0 Å². The fourth-order valence-electron chi connectivity index (χ4n) is 1.79. The Kier molecular flexibility index (Phi) is 4.12. The fraction of sp³-hybridized carbons (Fsp3) is 0.250. The van der Waals surface area contributed by atoms with Crippen molar-refractivity contribution < 1.29 is 9.53 Å². The molecule has 0 bridgehead atoms. The number of hydrogen-bond donors (Lipinski definition) is 2. The summed E-state index contributed by atoms with van der Waals surface area (Å²) in [5.41, 5.74) is 1.68. The normalized spacial score (nSPS) is 11.0. The van der Waals surface area contributed by atoms with E-state index in [1.54, 1.807) is 18.3 Å². The number of H-pyrrole nitrogens is 1. The summed E-state index contributed by atoms with van der Waals surface area (Å²) in [6.45, 7) is 5.42. The number of anilines is 1. The molecule has 0 saturated carbocycles. The molecule has 110 valence electrons. The maximum Gasteiger partial charge on any atom is 0.412 e. The molecule has 2 rings (SSSR count). The lowest BCUT2D eigenvalue weighted by atomic mass is 10.1. The second-order valence-corrected chi connectivity index (χ2v) is 5.65. The number of carbonyl (C=O) groups is 1. The van der Waals surface area contributed by atoms with Crippen molar-refractivity contribution in [3.05, 3.63) is 52.9 Å². The number of rotatable bonds is 2. The highest BCUT2D eigenvalue weighted by Crippen LogP contribution is 2.20. The number of pyridine rings is 1. The summed E-state index contributed by atoms with van der Waals surface area (Å²) in [4.78, 5) is 25.5. The van der Waals surface area contributed by atoms with E-state index in [1.807, 2.05) is 39.0 Å². The van der Waals surface area contributed by atoms with Crippen LogP contribution in [0.5, 0.6) is 0 Å². The first-order valence-electron chi connectivity index (χ1n) is 6.63. The number of nitrogens with one attached hydrogen (secondary N) is 2. The van der Waals surface area contributed by atoms with Crippen LogP contribution in [0.3, 0.4) is 0 Å². The Morgan fingerprint density at radius 3 is 2.33 bits per heavy atom. The van der Waals surface area contributed by atoms with Crippen molar-refractivity contribution in [1.29, 1.82) is 0 Å². The molecule has 0 spiro atoms. The van der Waals surface area contributed by atoms with Gasteiger partial charge in [-0.2, -0.15) is 0 Å². The van der Waals surface area contributed by atoms with Crippen LogP contribution in [0, 0.1) is 0 Å². The van der Waals surface area contributed by atoms with Crippen LogP contribution < -0.4 is 10.9 Å². The lowest BCUT2D eigenvalue weighted by molar-refractivity contribution is 0.0636. The number of benzene rings is 1. The topological polar surface area (TPSA) is 71.2 Å². The Morgan fingerprint density at radius 1 is 1.10 bits per heavy atom. The average Bonchev–Trinajstić information content (AvgIpc) is 2.37. The summed E-state index contributed by atoms with van der Waals surface area (Å²) in [5.74, 6) is 0. The van der Waals surface area contributed by atoms with Crippen LogP contribution in [0.2, 0.25) is 0 Å². The summed E-state index contributed by atoms with van der Waals surface area (Å²) >= 11 is 0. The molecule has 21 heavy (non-hydrogen) atoms. The SMILES string of the molecule is CC(C)(C)OC(=O)Nc1ccc(-c2cc[nH]c(=O)c2)cc1. The lowest BCUT2D eigenvalue weighted by Gasteiger charge is -2.19. The van der Waals surface area contributed by atoms with E-state index in [-0.39, 0.29) is 5.56 Å². The number of amides is 1. The monoisotopic (exact) mass is 286 g/mol. The Hall–Kier alpha value is -2.56. The third kappa shape index (κ3) is 4.49. The van der Waals surface area contributed by atoms with Crippen LogP contribution in [0.4, 0.5) is 10.5 Å². The zero-order chi connectivity index (χ0) is 15.5. The Morgan fingerprint density at radius 2 is 1.76 bits per heavy atom. The van der Waals surface area contributed by atoms with Crippen molar-refractivity contribution in [2.75, 3.05) is 5.32 Å². The highest BCUT2D eigenvalue weighted by atomic mass is 16.6. The molecule has 0 unspecified atom stereocenters. The molecule has 0 atom stereocenters. The molecule has 2 aromatic rings. The first-order valence-corrected chi connectivity index (χ1v) is 6.63. The van der Waals surface area contributed by atoms with E-state index in [0.717, 1.165) is 11.1 Å². The van der Waals surface area contributed by atoms with E-state index < -0.39 is 11.7 Å². The van der Waals surface area contributed by atoms with E-state index in [4.69, 9.17) is 4.74 Å². The molecule has 0 aliphatic rings. The highest BCUT2D eigenvalue weighted by Gasteiger charge is 2.16. The van der Waals surface area contributed by atoms with Crippen LogP contribution >= 0.6 is 0 Å². The zero-order valence-corrected chi connectivity index (χ0v) is 12.3. The van der Waals surface area contributed by atoms with Gasteiger partial charge in [-0.05, 0) is 50.1 Å². The fourth-order valence-corrected chi connectivity index (χ4v) is 1.79. The van der Waals surface area contributed by atoms with Gasteiger partial charge in [0.25, 0.3) is 0 Å². The van der Waals surface area contributed by atoms with Crippen molar-refractivity contribution in [3.63, 3.8) is 0 Å². The van der Waals surface area contributed by atoms with Crippen LogP contribution in [0.1, 0.15) is 20.8 Å². The molecule has 0 saturated heterocycles. The minimum absolute atomic E-state index is 0.150. The third-order valence-corrected chi connectivity index (χ3v) is 2.64. The largest absolute Gasteiger partial charge is 0.444 e. The predicted octanol–water partition coefficient (Wildman–Crippen LogP) is 3.39. The molecule has 0 radical (unpaired) electrons. The van der Waals surface area contributed by atoms with Gasteiger partial charge in [0.15, 0.2) is 0 Å². The summed E-state index contributed by atoms with van der Waals surface area (Å²) in [7, 11) is 0. The van der Waals surface area contributed by atoms with Gasteiger partial charge in [-0.25, -0.2) is 4.79 Å². The summed E-state index contributed by atoms with van der Waals surface area (Å²) in [6, 6.07) is 10.5. The predicted molar refractivity (Wildman–Crippen MR) is 82.4 cm³/mol. The summed E-state index contributed by atoms with van der Waals surface area (Å²) < 4.78 is 5.18. The molecular formula is C16H18N2O3. The Balaban J connectivity index is 2.09. The molecule has 0 aliphatic heterocycles. The number of hydrogen-bond acceptors (Lipinski definition) is 3. The minimum Gasteiger partial charge on any atom is -0.444 e. The van der Waals surface area contributed by atoms with Crippen LogP contribution in [0.15, 0.2) is 47.4 Å². The van der Waals surface area contributed by atoms with Crippen molar-refractivity contribution >= 4 is 11.8 Å². The van der Waals surface area contributed by atoms with Crippen LogP contribution in [0.25, 0.3) is 11.1 Å². The molecule has 1 amide bonds. The maximum atomic E-state index is 11.6. The number of ether oxygens (including phenoxy) is 1. The molecular weight excluding hydrogens is 268 g/mol. The van der Waals surface area contributed by atoms with Gasteiger partial charge in [-0.3, -0.25) is 10.1 Å². The highest BCUT2D eigenvalue weighted by molar-refractivity contribution is 5.85. The van der Waals surface area contributed by atoms with E-state index >= 15 is 0 Å². The van der Waals surface area contributed by atoms with Gasteiger partial charge in [0.1, 0.15) is 5.60 Å². The Labute approximate surface area is 123 Å². The van der Waals surface area contributed by atoms with Crippen molar-refractivity contribution in [3.8, 4) is 11.1 Å². The van der Waals surface area contributed by atoms with E-state index in [9.17, 15) is 9.59 Å². The average molecular weight is 286 g/mol. The number of aromatic nitrogens is 1. The van der Waals surface area contributed by atoms with Crippen molar-refractivity contribution in [2.24, 2.45) is 0 Å². The van der Waals surface area contributed by atoms with Gasteiger partial charge in [0.2, 0.25) is 5.56 Å². The number of carbonyl (C=O) groups excluding carboxylic acids is 1. The standard InChI is InChI=1S/C16H18N2O3/c1-16(2,3)21-15(20)18-13-6-4-11(5-7-13)12-8-9-17-14(19)10-12/h4-10H,1-3H3,(H,17,19)(H,18,20). The van der Waals surface area contributed by atoms with Gasteiger partial charge >= 0.3 is 6.09 Å². The smallest absolute Gasteiger partial charge is 0.412 e. The summed E-state index contributed by atoms with van der Waals surface area (Å²) in [6.07, 6.45) is 1.11. The maximum absolute atomic E-state index is 11.6. The Bertz CT molecular complexity index is 682. The summed E-state index contributed by atoms with van der Waals surface area (Å²) in [5, 5.41) is 2.66. The minimum atomic E-state index is -0.533. The lowest BCUT2D eigenvalue weighted by Crippen LogP contribution is -2.27. The molecule has 0 aliphatic carbocycles.